The van der Waals surface area contributed by atoms with Crippen molar-refractivity contribution in [3.05, 3.63) is 59.8 Å². The largest absolute Gasteiger partial charge is 0.373 e. The molecule has 1 aliphatic rings. The maximum absolute atomic E-state index is 12.7. The third-order valence-corrected chi connectivity index (χ3v) is 4.46. The van der Waals surface area contributed by atoms with Gasteiger partial charge in [-0.2, -0.15) is 0 Å². The van der Waals surface area contributed by atoms with Gasteiger partial charge < -0.3 is 10.3 Å². The van der Waals surface area contributed by atoms with E-state index in [1.54, 1.807) is 24.3 Å². The van der Waals surface area contributed by atoms with E-state index in [4.69, 9.17) is 11.6 Å². The molecular weight excluding hydrogens is 326 g/mol. The van der Waals surface area contributed by atoms with Gasteiger partial charge >= 0.3 is 0 Å². The van der Waals surface area contributed by atoms with Crippen molar-refractivity contribution < 1.29 is 9.59 Å². The minimum absolute atomic E-state index is 0.104. The molecular formula is C18H14ClN3O2. The molecule has 1 aliphatic heterocycles. The van der Waals surface area contributed by atoms with Gasteiger partial charge in [-0.3, -0.25) is 9.59 Å². The molecule has 1 unspecified atom stereocenters. The topological polar surface area (TPSA) is 65.2 Å². The number of hydrogen-bond acceptors (Lipinski definition) is 3. The van der Waals surface area contributed by atoms with Crippen LogP contribution in [-0.4, -0.2) is 22.8 Å². The van der Waals surface area contributed by atoms with Gasteiger partial charge in [0.05, 0.1) is 17.1 Å². The van der Waals surface area contributed by atoms with Crippen LogP contribution in [0.4, 0.5) is 11.4 Å². The molecule has 0 radical (unpaired) electrons. The molecule has 1 saturated heterocycles. The zero-order valence-electron chi connectivity index (χ0n) is 12.6. The standard InChI is InChI=1S/C18H14ClN3O2/c19-13-3-1-2-4-16(13)22-17(23)10-15(18(22)24)21-12-6-5-11-7-8-20-14(11)9-12/h1-9,15,20-21H,10H2. The summed E-state index contributed by atoms with van der Waals surface area (Å²) >= 11 is 6.13. The normalized spacial score (nSPS) is 17.7. The molecule has 2 aromatic carbocycles. The number of carbonyl (C=O) groups is 2. The third kappa shape index (κ3) is 2.43. The highest BCUT2D eigenvalue weighted by molar-refractivity contribution is 6.36. The predicted molar refractivity (Wildman–Crippen MR) is 94.3 cm³/mol. The molecule has 24 heavy (non-hydrogen) atoms. The number of carbonyl (C=O) groups excluding carboxylic acids is 2. The first kappa shape index (κ1) is 14.8. The second-order valence-corrected chi connectivity index (χ2v) is 6.11. The van der Waals surface area contributed by atoms with Crippen molar-refractivity contribution in [3.63, 3.8) is 0 Å². The fraction of sp³-hybridized carbons (Fsp3) is 0.111. The summed E-state index contributed by atoms with van der Waals surface area (Å²) < 4.78 is 0. The van der Waals surface area contributed by atoms with Crippen molar-refractivity contribution in [2.75, 3.05) is 10.2 Å². The maximum Gasteiger partial charge on any atom is 0.256 e. The highest BCUT2D eigenvalue weighted by atomic mass is 35.5. The molecule has 2 heterocycles. The minimum Gasteiger partial charge on any atom is -0.373 e. The number of hydrogen-bond donors (Lipinski definition) is 2. The summed E-state index contributed by atoms with van der Waals surface area (Å²) in [5.41, 5.74) is 2.19. The SMILES string of the molecule is O=C1CC(Nc2ccc3cc[nH]c3c2)C(=O)N1c1ccccc1Cl. The number of benzene rings is 2. The number of imide groups is 1. The number of H-pyrrole nitrogens is 1. The predicted octanol–water partition coefficient (Wildman–Crippen LogP) is 3.57. The van der Waals surface area contributed by atoms with Crippen LogP contribution in [-0.2, 0) is 9.59 Å². The summed E-state index contributed by atoms with van der Waals surface area (Å²) in [6.07, 6.45) is 1.96. The Morgan fingerprint density at radius 3 is 2.79 bits per heavy atom. The van der Waals surface area contributed by atoms with Crippen molar-refractivity contribution in [2.45, 2.75) is 12.5 Å². The molecule has 4 rings (SSSR count). The summed E-state index contributed by atoms with van der Waals surface area (Å²) in [6.45, 7) is 0. The summed E-state index contributed by atoms with van der Waals surface area (Å²) in [7, 11) is 0. The molecule has 0 aliphatic carbocycles. The molecule has 0 spiro atoms. The van der Waals surface area contributed by atoms with Crippen LogP contribution in [0.2, 0.25) is 5.02 Å². The van der Waals surface area contributed by atoms with Gasteiger partial charge in [-0.05, 0) is 35.7 Å². The van der Waals surface area contributed by atoms with E-state index in [9.17, 15) is 9.59 Å². The number of rotatable bonds is 3. The van der Waals surface area contributed by atoms with Crippen molar-refractivity contribution >= 4 is 45.7 Å². The second kappa shape index (κ2) is 5.69. The smallest absolute Gasteiger partial charge is 0.256 e. The van der Waals surface area contributed by atoms with Crippen LogP contribution in [0.25, 0.3) is 10.9 Å². The second-order valence-electron chi connectivity index (χ2n) is 5.70. The number of aromatic amines is 1. The van der Waals surface area contributed by atoms with Gasteiger partial charge in [0.1, 0.15) is 6.04 Å². The zero-order chi connectivity index (χ0) is 16.7. The lowest BCUT2D eigenvalue weighted by Gasteiger charge is -2.17. The Bertz CT molecular complexity index is 950. The van der Waals surface area contributed by atoms with Crippen molar-refractivity contribution in [1.82, 2.24) is 4.98 Å². The van der Waals surface area contributed by atoms with Gasteiger partial charge in [0.15, 0.2) is 0 Å². The Kier molecular flexibility index (Phi) is 3.50. The Morgan fingerprint density at radius 2 is 1.96 bits per heavy atom. The fourth-order valence-corrected chi connectivity index (χ4v) is 3.19. The first-order valence-corrected chi connectivity index (χ1v) is 7.96. The fourth-order valence-electron chi connectivity index (χ4n) is 2.97. The van der Waals surface area contributed by atoms with Crippen LogP contribution in [0.15, 0.2) is 54.7 Å². The Balaban J connectivity index is 1.60. The summed E-state index contributed by atoms with van der Waals surface area (Å²) in [5, 5.41) is 4.62. The lowest BCUT2D eigenvalue weighted by Crippen LogP contribution is -2.35. The quantitative estimate of drug-likeness (QED) is 0.717. The van der Waals surface area contributed by atoms with Crippen LogP contribution < -0.4 is 10.2 Å². The van der Waals surface area contributed by atoms with E-state index < -0.39 is 6.04 Å². The molecule has 1 fully saturated rings. The van der Waals surface area contributed by atoms with Crippen LogP contribution in [0.5, 0.6) is 0 Å². The average molecular weight is 340 g/mol. The molecule has 6 heteroatoms. The number of para-hydroxylation sites is 1. The van der Waals surface area contributed by atoms with Crippen LogP contribution in [0.1, 0.15) is 6.42 Å². The van der Waals surface area contributed by atoms with E-state index in [-0.39, 0.29) is 18.2 Å². The van der Waals surface area contributed by atoms with Gasteiger partial charge in [0.25, 0.3) is 5.91 Å². The minimum atomic E-state index is -0.596. The van der Waals surface area contributed by atoms with Gasteiger partial charge in [-0.15, -0.1) is 0 Å². The van der Waals surface area contributed by atoms with Gasteiger partial charge in [0.2, 0.25) is 5.91 Å². The summed E-state index contributed by atoms with van der Waals surface area (Å²) in [4.78, 5) is 29.3. The zero-order valence-corrected chi connectivity index (χ0v) is 13.4. The van der Waals surface area contributed by atoms with Crippen LogP contribution in [0, 0.1) is 0 Å². The number of amides is 2. The summed E-state index contributed by atoms with van der Waals surface area (Å²) in [5.74, 6) is -0.550. The highest BCUT2D eigenvalue weighted by Gasteiger charge is 2.40. The Hall–Kier alpha value is -2.79. The average Bonchev–Trinajstić information content (AvgIpc) is 3.13. The first-order chi connectivity index (χ1) is 11.6. The molecule has 0 saturated carbocycles. The lowest BCUT2D eigenvalue weighted by molar-refractivity contribution is -0.121. The van der Waals surface area contributed by atoms with E-state index in [1.807, 2.05) is 30.5 Å². The number of nitrogens with one attached hydrogen (secondary N) is 2. The first-order valence-electron chi connectivity index (χ1n) is 7.58. The van der Waals surface area contributed by atoms with Crippen molar-refractivity contribution in [3.8, 4) is 0 Å². The molecule has 0 bridgehead atoms. The van der Waals surface area contributed by atoms with E-state index in [0.29, 0.717) is 10.7 Å². The van der Waals surface area contributed by atoms with Gasteiger partial charge in [-0.1, -0.05) is 29.8 Å². The maximum atomic E-state index is 12.7. The molecule has 3 aromatic rings. The monoisotopic (exact) mass is 339 g/mol. The van der Waals surface area contributed by atoms with Crippen LogP contribution >= 0.6 is 11.6 Å². The molecule has 2 N–H and O–H groups in total. The number of fused-ring (bicyclic) bond motifs is 1. The van der Waals surface area contributed by atoms with E-state index >= 15 is 0 Å². The number of aromatic nitrogens is 1. The highest BCUT2D eigenvalue weighted by Crippen LogP contribution is 2.31. The number of halogens is 1. The van der Waals surface area contributed by atoms with Gasteiger partial charge in [0, 0.05) is 17.4 Å². The lowest BCUT2D eigenvalue weighted by atomic mass is 10.2. The number of nitrogens with zero attached hydrogens (tertiary/aromatic N) is 1. The molecule has 2 amide bonds. The van der Waals surface area contributed by atoms with Gasteiger partial charge in [-0.25, -0.2) is 4.90 Å². The molecule has 1 atom stereocenters. The van der Waals surface area contributed by atoms with E-state index in [2.05, 4.69) is 10.3 Å². The Labute approximate surface area is 143 Å². The Morgan fingerprint density at radius 1 is 1.12 bits per heavy atom. The summed E-state index contributed by atoms with van der Waals surface area (Å²) in [6, 6.07) is 14.0. The van der Waals surface area contributed by atoms with E-state index in [0.717, 1.165) is 21.5 Å². The van der Waals surface area contributed by atoms with E-state index in [1.165, 1.54) is 0 Å². The molecule has 120 valence electrons. The third-order valence-electron chi connectivity index (χ3n) is 4.14. The number of anilines is 2. The van der Waals surface area contributed by atoms with Crippen molar-refractivity contribution in [2.24, 2.45) is 0 Å². The molecule has 5 nitrogen and oxygen atoms in total. The molecule has 1 aromatic heterocycles. The van der Waals surface area contributed by atoms with Crippen molar-refractivity contribution in [1.29, 1.82) is 0 Å². The van der Waals surface area contributed by atoms with Crippen LogP contribution in [0.3, 0.4) is 0 Å².